The first kappa shape index (κ1) is 15.9. The van der Waals surface area contributed by atoms with E-state index in [9.17, 15) is 0 Å². The molecule has 2 rings (SSSR count). The molecule has 0 saturated heterocycles. The van der Waals surface area contributed by atoms with Crippen molar-refractivity contribution in [2.45, 2.75) is 18.1 Å². The molecule has 2 aromatic rings. The molecular weight excluding hydrogens is 306 g/mol. The molecule has 1 aromatic heterocycles. The van der Waals surface area contributed by atoms with Crippen LogP contribution in [0.15, 0.2) is 35.7 Å². The Morgan fingerprint density at radius 3 is 2.90 bits per heavy atom. The van der Waals surface area contributed by atoms with Crippen LogP contribution in [-0.2, 0) is 11.3 Å². The minimum atomic E-state index is 0.672. The monoisotopic (exact) mass is 321 g/mol. The van der Waals surface area contributed by atoms with E-state index < -0.39 is 0 Å². The lowest BCUT2D eigenvalue weighted by atomic mass is 10.2. The summed E-state index contributed by atoms with van der Waals surface area (Å²) in [4.78, 5) is 0. The molecule has 0 saturated carbocycles. The van der Waals surface area contributed by atoms with E-state index in [1.54, 1.807) is 25.2 Å². The van der Waals surface area contributed by atoms with Gasteiger partial charge in [0, 0.05) is 30.8 Å². The van der Waals surface area contributed by atoms with Gasteiger partial charge in [-0.2, -0.15) is 0 Å². The van der Waals surface area contributed by atoms with Crippen LogP contribution in [-0.4, -0.2) is 34.2 Å². The fraction of sp³-hybridized carbons (Fsp3) is 0.333. The van der Waals surface area contributed by atoms with Crippen molar-refractivity contribution in [3.05, 3.63) is 41.2 Å². The van der Waals surface area contributed by atoms with E-state index in [0.29, 0.717) is 5.75 Å². The molecule has 0 aliphatic rings. The number of hydrogen-bond donors (Lipinski definition) is 0. The molecule has 0 N–H and O–H groups in total. The molecule has 0 radical (unpaired) electrons. The fourth-order valence-electron chi connectivity index (χ4n) is 1.66. The lowest BCUT2D eigenvalue weighted by Crippen LogP contribution is -2.02. The summed E-state index contributed by atoms with van der Waals surface area (Å²) in [6.07, 6.45) is 2.68. The molecule has 0 amide bonds. The molecule has 0 unspecified atom stereocenters. The summed E-state index contributed by atoms with van der Waals surface area (Å²) in [5.41, 5.74) is 0.960. The summed E-state index contributed by atoms with van der Waals surface area (Å²) >= 11 is 7.41. The van der Waals surface area contributed by atoms with Gasteiger partial charge in [-0.25, -0.2) is 0 Å². The third-order valence-electron chi connectivity index (χ3n) is 2.68. The van der Waals surface area contributed by atoms with Gasteiger partial charge in [-0.05, 0) is 30.7 Å². The lowest BCUT2D eigenvalue weighted by molar-refractivity contribution is 0.189. The average Bonchev–Trinajstić information content (AvgIpc) is 2.93. The Labute approximate surface area is 133 Å². The van der Waals surface area contributed by atoms with Crippen LogP contribution in [0.4, 0.5) is 0 Å². The number of nitrogens with zero attached hydrogens (tertiary/aromatic N) is 3. The first-order chi connectivity index (χ1) is 10.3. The number of rotatable bonds is 6. The minimum Gasteiger partial charge on any atom is -0.385 e. The van der Waals surface area contributed by atoms with Crippen LogP contribution in [0.25, 0.3) is 0 Å². The second-order valence-corrected chi connectivity index (χ2v) is 5.63. The van der Waals surface area contributed by atoms with Gasteiger partial charge in [0.2, 0.25) is 0 Å². The summed E-state index contributed by atoms with van der Waals surface area (Å²) in [6.45, 7) is 1.59. The predicted octanol–water partition coefficient (Wildman–Crippen LogP) is 3.11. The highest BCUT2D eigenvalue weighted by atomic mass is 35.5. The third-order valence-corrected chi connectivity index (χ3v) is 3.79. The Morgan fingerprint density at radius 1 is 1.33 bits per heavy atom. The fourth-order valence-corrected chi connectivity index (χ4v) is 2.47. The van der Waals surface area contributed by atoms with Gasteiger partial charge in [0.15, 0.2) is 5.16 Å². The SMILES string of the molecule is COCCCn1cnnc1SCC#Cc1ccc(Cl)cc1. The maximum Gasteiger partial charge on any atom is 0.191 e. The molecule has 4 nitrogen and oxygen atoms in total. The predicted molar refractivity (Wildman–Crippen MR) is 85.6 cm³/mol. The zero-order valence-corrected chi connectivity index (χ0v) is 13.3. The Kier molecular flexibility index (Phi) is 6.61. The number of halogens is 1. The molecule has 0 atom stereocenters. The van der Waals surface area contributed by atoms with E-state index in [2.05, 4.69) is 22.0 Å². The molecule has 1 heterocycles. The highest BCUT2D eigenvalue weighted by Crippen LogP contribution is 2.14. The van der Waals surface area contributed by atoms with Crippen molar-refractivity contribution in [2.75, 3.05) is 19.5 Å². The maximum absolute atomic E-state index is 5.83. The number of ether oxygens (including phenoxy) is 1. The summed E-state index contributed by atoms with van der Waals surface area (Å²) < 4.78 is 7.06. The summed E-state index contributed by atoms with van der Waals surface area (Å²) in [6, 6.07) is 7.50. The van der Waals surface area contributed by atoms with E-state index >= 15 is 0 Å². The zero-order valence-electron chi connectivity index (χ0n) is 11.8. The van der Waals surface area contributed by atoms with Crippen molar-refractivity contribution in [1.29, 1.82) is 0 Å². The van der Waals surface area contributed by atoms with Gasteiger partial charge < -0.3 is 9.30 Å². The Morgan fingerprint density at radius 2 is 2.14 bits per heavy atom. The van der Waals surface area contributed by atoms with E-state index in [1.165, 1.54) is 0 Å². The number of methoxy groups -OCH3 is 1. The number of aryl methyl sites for hydroxylation is 1. The Bertz CT molecular complexity index is 616. The molecule has 110 valence electrons. The van der Waals surface area contributed by atoms with Crippen LogP contribution in [0, 0.1) is 11.8 Å². The standard InChI is InChI=1S/C15H16ClN3OS/c1-20-10-3-9-19-12-17-18-15(19)21-11-2-4-13-5-7-14(16)8-6-13/h5-8,12H,3,9-11H2,1H3. The number of hydrogen-bond acceptors (Lipinski definition) is 4. The number of thioether (sulfide) groups is 1. The Hall–Kier alpha value is -1.48. The Balaban J connectivity index is 1.84. The van der Waals surface area contributed by atoms with Crippen LogP contribution in [0.2, 0.25) is 5.02 Å². The third kappa shape index (κ3) is 5.43. The molecule has 21 heavy (non-hydrogen) atoms. The van der Waals surface area contributed by atoms with Crippen LogP contribution in [0.1, 0.15) is 12.0 Å². The van der Waals surface area contributed by atoms with Gasteiger partial charge in [-0.15, -0.1) is 10.2 Å². The minimum absolute atomic E-state index is 0.672. The van der Waals surface area contributed by atoms with Crippen LogP contribution >= 0.6 is 23.4 Å². The molecular formula is C15H16ClN3OS. The first-order valence-electron chi connectivity index (χ1n) is 6.53. The van der Waals surface area contributed by atoms with Crippen molar-refractivity contribution in [2.24, 2.45) is 0 Å². The average molecular weight is 322 g/mol. The van der Waals surface area contributed by atoms with Gasteiger partial charge in [-0.1, -0.05) is 35.2 Å². The van der Waals surface area contributed by atoms with E-state index in [1.807, 2.05) is 28.8 Å². The summed E-state index contributed by atoms with van der Waals surface area (Å²) in [7, 11) is 1.70. The topological polar surface area (TPSA) is 39.9 Å². The molecule has 0 fully saturated rings. The summed E-state index contributed by atoms with van der Waals surface area (Å²) in [5.74, 6) is 6.89. The van der Waals surface area contributed by atoms with Crippen molar-refractivity contribution in [3.8, 4) is 11.8 Å². The highest BCUT2D eigenvalue weighted by molar-refractivity contribution is 7.99. The van der Waals surface area contributed by atoms with Crippen molar-refractivity contribution in [1.82, 2.24) is 14.8 Å². The van der Waals surface area contributed by atoms with Gasteiger partial charge in [-0.3, -0.25) is 0 Å². The second kappa shape index (κ2) is 8.73. The largest absolute Gasteiger partial charge is 0.385 e. The zero-order chi connectivity index (χ0) is 14.9. The molecule has 0 bridgehead atoms. The van der Waals surface area contributed by atoms with Crippen LogP contribution < -0.4 is 0 Å². The summed E-state index contributed by atoms with van der Waals surface area (Å²) in [5, 5.41) is 9.64. The van der Waals surface area contributed by atoms with E-state index in [0.717, 1.165) is 35.3 Å². The van der Waals surface area contributed by atoms with Crippen molar-refractivity contribution in [3.63, 3.8) is 0 Å². The van der Waals surface area contributed by atoms with Crippen LogP contribution in [0.5, 0.6) is 0 Å². The lowest BCUT2D eigenvalue weighted by Gasteiger charge is -2.03. The van der Waals surface area contributed by atoms with Crippen molar-refractivity contribution < 1.29 is 4.74 Å². The highest BCUT2D eigenvalue weighted by Gasteiger charge is 2.03. The molecule has 0 spiro atoms. The quantitative estimate of drug-likeness (QED) is 0.465. The molecule has 0 aliphatic heterocycles. The first-order valence-corrected chi connectivity index (χ1v) is 7.90. The van der Waals surface area contributed by atoms with Gasteiger partial charge in [0.25, 0.3) is 0 Å². The second-order valence-electron chi connectivity index (χ2n) is 4.25. The molecule has 6 heteroatoms. The van der Waals surface area contributed by atoms with Gasteiger partial charge >= 0.3 is 0 Å². The molecule has 0 aliphatic carbocycles. The maximum atomic E-state index is 5.83. The number of benzene rings is 1. The molecule has 1 aromatic carbocycles. The smallest absolute Gasteiger partial charge is 0.191 e. The van der Waals surface area contributed by atoms with E-state index in [-0.39, 0.29) is 0 Å². The van der Waals surface area contributed by atoms with Gasteiger partial charge in [0.05, 0.1) is 5.75 Å². The number of aromatic nitrogens is 3. The van der Waals surface area contributed by atoms with Crippen LogP contribution in [0.3, 0.4) is 0 Å². The van der Waals surface area contributed by atoms with Gasteiger partial charge in [0.1, 0.15) is 6.33 Å². The van der Waals surface area contributed by atoms with E-state index in [4.69, 9.17) is 16.3 Å². The normalized spacial score (nSPS) is 10.2. The van der Waals surface area contributed by atoms with Crippen molar-refractivity contribution >= 4 is 23.4 Å².